The molecule has 1 aromatic heterocycles. The van der Waals surface area contributed by atoms with Gasteiger partial charge in [0.2, 0.25) is 0 Å². The summed E-state index contributed by atoms with van der Waals surface area (Å²) >= 11 is 4.99. The van der Waals surface area contributed by atoms with Crippen molar-refractivity contribution >= 4 is 33.7 Å². The van der Waals surface area contributed by atoms with E-state index in [1.165, 1.54) is 0 Å². The monoisotopic (exact) mass is 346 g/mol. The zero-order valence-electron chi connectivity index (χ0n) is 11.3. The average Bonchev–Trinajstić information content (AvgIpc) is 2.30. The number of carboxylic acids is 1. The highest BCUT2D eigenvalue weighted by Gasteiger charge is 2.32. The molecule has 0 saturated heterocycles. The minimum atomic E-state index is -0.900. The van der Waals surface area contributed by atoms with Gasteiger partial charge in [-0.15, -0.1) is 11.8 Å². The van der Waals surface area contributed by atoms with Gasteiger partial charge in [-0.2, -0.15) is 0 Å². The maximum absolute atomic E-state index is 11.4. The molecule has 1 unspecified atom stereocenters. The molecular formula is C13H19BrN2O2S. The Kier molecular flexibility index (Phi) is 6.29. The van der Waals surface area contributed by atoms with E-state index in [1.807, 2.05) is 26.0 Å². The minimum absolute atomic E-state index is 0.132. The second-order valence-electron chi connectivity index (χ2n) is 4.83. The first kappa shape index (κ1) is 16.5. The molecule has 1 aromatic rings. The Morgan fingerprint density at radius 1 is 1.63 bits per heavy atom. The fourth-order valence-electron chi connectivity index (χ4n) is 1.71. The van der Waals surface area contributed by atoms with E-state index in [-0.39, 0.29) is 6.04 Å². The summed E-state index contributed by atoms with van der Waals surface area (Å²) in [5.41, 5.74) is -0.900. The van der Waals surface area contributed by atoms with Crippen molar-refractivity contribution in [3.8, 4) is 0 Å². The SMILES string of the molecule is CC(C)NC(C)(CCSc1ncccc1Br)C(=O)O. The molecule has 0 saturated carbocycles. The largest absolute Gasteiger partial charge is 0.480 e. The molecule has 4 nitrogen and oxygen atoms in total. The summed E-state index contributed by atoms with van der Waals surface area (Å²) in [4.78, 5) is 15.6. The second-order valence-corrected chi connectivity index (χ2v) is 6.76. The van der Waals surface area contributed by atoms with Gasteiger partial charge in [0.05, 0.1) is 0 Å². The van der Waals surface area contributed by atoms with E-state index in [9.17, 15) is 9.90 Å². The Labute approximate surface area is 126 Å². The number of aliphatic carboxylic acids is 1. The van der Waals surface area contributed by atoms with Crippen LogP contribution in [0, 0.1) is 0 Å². The number of carboxylic acid groups (broad SMARTS) is 1. The smallest absolute Gasteiger partial charge is 0.323 e. The second kappa shape index (κ2) is 7.26. The number of hydrogen-bond acceptors (Lipinski definition) is 4. The third-order valence-corrected chi connectivity index (χ3v) is 4.55. The van der Waals surface area contributed by atoms with Crippen LogP contribution >= 0.6 is 27.7 Å². The van der Waals surface area contributed by atoms with Crippen LogP contribution in [-0.2, 0) is 4.79 Å². The summed E-state index contributed by atoms with van der Waals surface area (Å²) < 4.78 is 0.939. The molecule has 0 radical (unpaired) electrons. The van der Waals surface area contributed by atoms with Crippen molar-refractivity contribution < 1.29 is 9.90 Å². The molecule has 1 heterocycles. The molecule has 6 heteroatoms. The molecule has 0 spiro atoms. The standard InChI is InChI=1S/C13H19BrN2O2S/c1-9(2)16-13(3,12(17)18)6-8-19-11-10(14)5-4-7-15-11/h4-5,7,9,16H,6,8H2,1-3H3,(H,17,18). The van der Waals surface area contributed by atoms with Crippen LogP contribution in [0.25, 0.3) is 0 Å². The Morgan fingerprint density at radius 3 is 2.84 bits per heavy atom. The molecule has 0 fully saturated rings. The number of aromatic nitrogens is 1. The zero-order chi connectivity index (χ0) is 14.5. The van der Waals surface area contributed by atoms with Crippen LogP contribution in [0.15, 0.2) is 27.8 Å². The van der Waals surface area contributed by atoms with Gasteiger partial charge in [-0.3, -0.25) is 10.1 Å². The van der Waals surface area contributed by atoms with E-state index in [4.69, 9.17) is 0 Å². The van der Waals surface area contributed by atoms with Gasteiger partial charge in [0.15, 0.2) is 0 Å². The highest BCUT2D eigenvalue weighted by atomic mass is 79.9. The van der Waals surface area contributed by atoms with Gasteiger partial charge < -0.3 is 5.11 Å². The van der Waals surface area contributed by atoms with Gasteiger partial charge in [-0.1, -0.05) is 0 Å². The van der Waals surface area contributed by atoms with Crippen LogP contribution < -0.4 is 5.32 Å². The number of carbonyl (C=O) groups is 1. The predicted molar refractivity (Wildman–Crippen MR) is 81.6 cm³/mol. The quantitative estimate of drug-likeness (QED) is 0.742. The van der Waals surface area contributed by atoms with Crippen molar-refractivity contribution in [3.05, 3.63) is 22.8 Å². The lowest BCUT2D eigenvalue weighted by atomic mass is 9.98. The molecule has 1 atom stereocenters. The summed E-state index contributed by atoms with van der Waals surface area (Å²) in [6.07, 6.45) is 2.27. The van der Waals surface area contributed by atoms with Gasteiger partial charge >= 0.3 is 5.97 Å². The molecule has 2 N–H and O–H groups in total. The van der Waals surface area contributed by atoms with Gasteiger partial charge in [0.1, 0.15) is 10.6 Å². The van der Waals surface area contributed by atoms with E-state index in [0.717, 1.165) is 9.50 Å². The summed E-state index contributed by atoms with van der Waals surface area (Å²) in [5, 5.41) is 13.3. The van der Waals surface area contributed by atoms with Gasteiger partial charge in [0, 0.05) is 22.5 Å². The number of nitrogens with one attached hydrogen (secondary N) is 1. The highest BCUT2D eigenvalue weighted by molar-refractivity contribution is 9.10. The van der Waals surface area contributed by atoms with Crippen molar-refractivity contribution in [1.29, 1.82) is 0 Å². The number of halogens is 1. The van der Waals surface area contributed by atoms with E-state index >= 15 is 0 Å². The molecule has 0 aromatic carbocycles. The molecule has 1 rings (SSSR count). The van der Waals surface area contributed by atoms with Crippen molar-refractivity contribution in [1.82, 2.24) is 10.3 Å². The Morgan fingerprint density at radius 2 is 2.32 bits per heavy atom. The fourth-order valence-corrected chi connectivity index (χ4v) is 3.35. The van der Waals surface area contributed by atoms with Crippen LogP contribution in [-0.4, -0.2) is 33.4 Å². The van der Waals surface area contributed by atoms with E-state index in [2.05, 4.69) is 26.2 Å². The van der Waals surface area contributed by atoms with Crippen LogP contribution in [0.2, 0.25) is 0 Å². The molecular weight excluding hydrogens is 328 g/mol. The number of thioether (sulfide) groups is 1. The predicted octanol–water partition coefficient (Wildman–Crippen LogP) is 3.17. The zero-order valence-corrected chi connectivity index (χ0v) is 13.7. The lowest BCUT2D eigenvalue weighted by Crippen LogP contribution is -2.52. The number of hydrogen-bond donors (Lipinski definition) is 2. The molecule has 0 aliphatic carbocycles. The van der Waals surface area contributed by atoms with E-state index in [1.54, 1.807) is 24.9 Å². The maximum atomic E-state index is 11.4. The Balaban J connectivity index is 2.58. The minimum Gasteiger partial charge on any atom is -0.480 e. The van der Waals surface area contributed by atoms with E-state index in [0.29, 0.717) is 12.2 Å². The lowest BCUT2D eigenvalue weighted by molar-refractivity contribution is -0.144. The first-order valence-electron chi connectivity index (χ1n) is 6.09. The average molecular weight is 347 g/mol. The molecule has 0 aliphatic rings. The van der Waals surface area contributed by atoms with Crippen molar-refractivity contribution in [2.75, 3.05) is 5.75 Å². The first-order valence-corrected chi connectivity index (χ1v) is 7.87. The Hall–Kier alpha value is -0.590. The lowest BCUT2D eigenvalue weighted by Gasteiger charge is -2.28. The molecule has 0 aliphatic heterocycles. The first-order chi connectivity index (χ1) is 8.85. The fraction of sp³-hybridized carbons (Fsp3) is 0.538. The van der Waals surface area contributed by atoms with Gasteiger partial charge in [-0.05, 0) is 55.3 Å². The molecule has 106 valence electrons. The van der Waals surface area contributed by atoms with Crippen LogP contribution in [0.3, 0.4) is 0 Å². The molecule has 0 amide bonds. The number of pyridine rings is 1. The third-order valence-electron chi connectivity index (χ3n) is 2.64. The third kappa shape index (κ3) is 5.12. The normalized spacial score (nSPS) is 14.4. The Bertz CT molecular complexity index is 442. The van der Waals surface area contributed by atoms with Crippen LogP contribution in [0.5, 0.6) is 0 Å². The van der Waals surface area contributed by atoms with Crippen LogP contribution in [0.4, 0.5) is 0 Å². The summed E-state index contributed by atoms with van der Waals surface area (Å²) in [6.45, 7) is 5.62. The summed E-state index contributed by atoms with van der Waals surface area (Å²) in [6, 6.07) is 3.92. The number of nitrogens with zero attached hydrogens (tertiary/aromatic N) is 1. The number of rotatable bonds is 7. The molecule has 19 heavy (non-hydrogen) atoms. The summed E-state index contributed by atoms with van der Waals surface area (Å²) in [5.74, 6) is -0.125. The van der Waals surface area contributed by atoms with Crippen LogP contribution in [0.1, 0.15) is 27.2 Å². The van der Waals surface area contributed by atoms with E-state index < -0.39 is 11.5 Å². The van der Waals surface area contributed by atoms with Crippen molar-refractivity contribution in [2.45, 2.75) is 43.8 Å². The summed E-state index contributed by atoms with van der Waals surface area (Å²) in [7, 11) is 0. The van der Waals surface area contributed by atoms with Gasteiger partial charge in [0.25, 0.3) is 0 Å². The van der Waals surface area contributed by atoms with Crippen molar-refractivity contribution in [2.24, 2.45) is 0 Å². The maximum Gasteiger partial charge on any atom is 0.323 e. The topological polar surface area (TPSA) is 62.2 Å². The highest BCUT2D eigenvalue weighted by Crippen LogP contribution is 2.27. The molecule has 0 bridgehead atoms. The van der Waals surface area contributed by atoms with Gasteiger partial charge in [-0.25, -0.2) is 4.98 Å². The van der Waals surface area contributed by atoms with Crippen molar-refractivity contribution in [3.63, 3.8) is 0 Å².